The van der Waals surface area contributed by atoms with Crippen LogP contribution in [0.25, 0.3) is 27.4 Å². The molecule has 3 aromatic heterocycles. The van der Waals surface area contributed by atoms with Crippen molar-refractivity contribution in [3.8, 4) is 17.1 Å². The van der Waals surface area contributed by atoms with Gasteiger partial charge in [-0.1, -0.05) is 29.0 Å². The molecule has 0 atom stereocenters. The first-order chi connectivity index (χ1) is 17.9. The number of hydrogen-bond acceptors (Lipinski definition) is 6. The molecule has 3 heterocycles. The highest BCUT2D eigenvalue weighted by atomic mass is 35.5. The van der Waals surface area contributed by atoms with Gasteiger partial charge >= 0.3 is 6.03 Å². The molecule has 0 aliphatic heterocycles. The number of H-pyrrole nitrogens is 1. The number of imidazole rings is 1. The Hall–Kier alpha value is -4.29. The number of rotatable bonds is 6. The van der Waals surface area contributed by atoms with Crippen LogP contribution in [0.2, 0.25) is 5.02 Å². The molecule has 4 N–H and O–H groups in total. The van der Waals surface area contributed by atoms with Crippen molar-refractivity contribution >= 4 is 61.7 Å². The third-order valence-corrected chi connectivity index (χ3v) is 7.01. The second-order valence-corrected chi connectivity index (χ2v) is 9.85. The molecule has 1 aliphatic rings. The first kappa shape index (κ1) is 23.1. The highest BCUT2D eigenvalue weighted by molar-refractivity contribution is 7.22. The summed E-state index contributed by atoms with van der Waals surface area (Å²) < 4.78 is 15.9. The predicted molar refractivity (Wildman–Crippen MR) is 140 cm³/mol. The number of amides is 3. The summed E-state index contributed by atoms with van der Waals surface area (Å²) >= 11 is 7.91. The molecule has 186 valence electrons. The normalized spacial score (nSPS) is 13.0. The Bertz CT molecular complexity index is 1660. The highest BCUT2D eigenvalue weighted by Gasteiger charge is 2.30. The van der Waals surface area contributed by atoms with Gasteiger partial charge in [0.05, 0.1) is 16.9 Å². The van der Waals surface area contributed by atoms with Gasteiger partial charge in [0.25, 0.3) is 0 Å². The quantitative estimate of drug-likeness (QED) is 0.222. The molecule has 2 aromatic carbocycles. The zero-order valence-electron chi connectivity index (χ0n) is 19.0. The Morgan fingerprint density at radius 2 is 1.92 bits per heavy atom. The van der Waals surface area contributed by atoms with Crippen LogP contribution in [-0.4, -0.2) is 36.7 Å². The smallest absolute Gasteiger partial charge is 0.308 e. The summed E-state index contributed by atoms with van der Waals surface area (Å²) in [4.78, 5) is 33.1. The number of anilines is 3. The fourth-order valence-corrected chi connectivity index (χ4v) is 4.98. The Labute approximate surface area is 217 Å². The lowest BCUT2D eigenvalue weighted by Crippen LogP contribution is -2.19. The number of carbonyl (C=O) groups is 2. The topological polar surface area (TPSA) is 130 Å². The van der Waals surface area contributed by atoms with E-state index in [1.165, 1.54) is 29.5 Å². The number of urea groups is 1. The van der Waals surface area contributed by atoms with E-state index < -0.39 is 11.8 Å². The Morgan fingerprint density at radius 1 is 1.11 bits per heavy atom. The van der Waals surface area contributed by atoms with Gasteiger partial charge in [-0.3, -0.25) is 14.5 Å². The Balaban J connectivity index is 1.23. The molecule has 5 aromatic rings. The number of thiazole rings is 1. The van der Waals surface area contributed by atoms with E-state index >= 15 is 0 Å². The maximum absolute atomic E-state index is 13.4. The predicted octanol–water partition coefficient (Wildman–Crippen LogP) is 5.66. The van der Waals surface area contributed by atoms with Crippen LogP contribution in [0.4, 0.5) is 25.7 Å². The molecule has 3 amide bonds. The molecule has 6 rings (SSSR count). The zero-order valence-corrected chi connectivity index (χ0v) is 20.5. The molecular formula is C24H18ClFN8O2S. The monoisotopic (exact) mass is 536 g/mol. The first-order valence-corrected chi connectivity index (χ1v) is 12.5. The van der Waals surface area contributed by atoms with Crippen molar-refractivity contribution in [1.82, 2.24) is 24.7 Å². The number of hydrogen-bond donors (Lipinski definition) is 4. The third-order valence-electron chi connectivity index (χ3n) is 5.73. The molecule has 1 fully saturated rings. The van der Waals surface area contributed by atoms with Crippen molar-refractivity contribution in [2.45, 2.75) is 12.8 Å². The van der Waals surface area contributed by atoms with Gasteiger partial charge in [-0.2, -0.15) is 5.10 Å². The third kappa shape index (κ3) is 4.76. The van der Waals surface area contributed by atoms with E-state index in [9.17, 15) is 14.0 Å². The lowest BCUT2D eigenvalue weighted by molar-refractivity contribution is -0.117. The number of fused-ring (bicyclic) bond motifs is 1. The van der Waals surface area contributed by atoms with Gasteiger partial charge < -0.3 is 16.0 Å². The lowest BCUT2D eigenvalue weighted by Gasteiger charge is -2.11. The van der Waals surface area contributed by atoms with Crippen LogP contribution < -0.4 is 16.0 Å². The molecule has 0 radical (unpaired) electrons. The van der Waals surface area contributed by atoms with Gasteiger partial charge in [-0.15, -0.1) is 0 Å². The molecular weight excluding hydrogens is 519 g/mol. The number of benzene rings is 2. The first-order valence-electron chi connectivity index (χ1n) is 11.3. The number of aromatic nitrogens is 5. The summed E-state index contributed by atoms with van der Waals surface area (Å²) in [5.41, 5.74) is 2.67. The van der Waals surface area contributed by atoms with Gasteiger partial charge in [0, 0.05) is 22.9 Å². The SMILES string of the molecule is O=C(Nc1cccc(F)c1)Nc1ccc(-c2cncn2-c2n[nH]c3nc(NC(=O)C4CC4)sc23)c(Cl)c1. The molecule has 1 saturated carbocycles. The van der Waals surface area contributed by atoms with Crippen LogP contribution in [0.5, 0.6) is 0 Å². The van der Waals surface area contributed by atoms with E-state index in [0.717, 1.165) is 17.5 Å². The largest absolute Gasteiger partial charge is 0.323 e. The summed E-state index contributed by atoms with van der Waals surface area (Å²) in [6, 6.07) is 10.1. The van der Waals surface area contributed by atoms with E-state index in [1.807, 2.05) is 0 Å². The van der Waals surface area contributed by atoms with E-state index in [-0.39, 0.29) is 11.8 Å². The molecule has 0 spiro atoms. The van der Waals surface area contributed by atoms with Crippen LogP contribution >= 0.6 is 22.9 Å². The van der Waals surface area contributed by atoms with Crippen LogP contribution in [-0.2, 0) is 4.79 Å². The number of halogens is 2. The minimum absolute atomic E-state index is 0.0145. The van der Waals surface area contributed by atoms with E-state index in [0.29, 0.717) is 44.3 Å². The number of nitrogens with zero attached hydrogens (tertiary/aromatic N) is 4. The lowest BCUT2D eigenvalue weighted by atomic mass is 10.1. The minimum atomic E-state index is -0.534. The van der Waals surface area contributed by atoms with Crippen LogP contribution in [0.15, 0.2) is 55.0 Å². The van der Waals surface area contributed by atoms with Crippen molar-refractivity contribution < 1.29 is 14.0 Å². The van der Waals surface area contributed by atoms with Crippen molar-refractivity contribution in [3.63, 3.8) is 0 Å². The second kappa shape index (κ2) is 9.30. The van der Waals surface area contributed by atoms with Crippen LogP contribution in [0, 0.1) is 11.7 Å². The van der Waals surface area contributed by atoms with Gasteiger partial charge in [-0.25, -0.2) is 19.2 Å². The molecule has 10 nitrogen and oxygen atoms in total. The molecule has 0 bridgehead atoms. The molecule has 0 unspecified atom stereocenters. The maximum Gasteiger partial charge on any atom is 0.323 e. The maximum atomic E-state index is 13.4. The van der Waals surface area contributed by atoms with E-state index in [2.05, 4.69) is 36.1 Å². The molecule has 0 saturated heterocycles. The van der Waals surface area contributed by atoms with Gasteiger partial charge in [0.1, 0.15) is 16.8 Å². The highest BCUT2D eigenvalue weighted by Crippen LogP contribution is 2.36. The van der Waals surface area contributed by atoms with Gasteiger partial charge in [0.2, 0.25) is 5.91 Å². The van der Waals surface area contributed by atoms with Crippen molar-refractivity contribution in [3.05, 3.63) is 65.8 Å². The van der Waals surface area contributed by atoms with Crippen LogP contribution in [0.3, 0.4) is 0 Å². The van der Waals surface area contributed by atoms with Crippen molar-refractivity contribution in [1.29, 1.82) is 0 Å². The molecule has 37 heavy (non-hydrogen) atoms. The number of carbonyl (C=O) groups excluding carboxylic acids is 2. The Morgan fingerprint density at radius 3 is 2.68 bits per heavy atom. The fraction of sp³-hybridized carbons (Fsp3) is 0.125. The second-order valence-electron chi connectivity index (χ2n) is 8.44. The number of aromatic amines is 1. The van der Waals surface area contributed by atoms with Crippen molar-refractivity contribution in [2.75, 3.05) is 16.0 Å². The summed E-state index contributed by atoms with van der Waals surface area (Å²) in [5, 5.41) is 16.3. The molecule has 13 heteroatoms. The van der Waals surface area contributed by atoms with Gasteiger partial charge in [0.15, 0.2) is 16.6 Å². The van der Waals surface area contributed by atoms with E-state index in [1.54, 1.807) is 41.4 Å². The molecule has 1 aliphatic carbocycles. The fourth-order valence-electron chi connectivity index (χ4n) is 3.80. The zero-order chi connectivity index (χ0) is 25.5. The standard InChI is InChI=1S/C24H18ClFN8O2S/c25-17-9-15(29-23(36)28-14-3-1-2-13(26)8-14)6-7-16(17)18-10-27-11-34(18)21-19-20(32-33-21)30-24(37-19)31-22(35)12-4-5-12/h1-3,6-12H,4-5H2,(H2,28,29,36)(H2,30,31,32,33,35). The van der Waals surface area contributed by atoms with Crippen molar-refractivity contribution in [2.24, 2.45) is 5.92 Å². The average molecular weight is 537 g/mol. The Kier molecular flexibility index (Phi) is 5.81. The summed E-state index contributed by atoms with van der Waals surface area (Å²) in [7, 11) is 0. The summed E-state index contributed by atoms with van der Waals surface area (Å²) in [5.74, 6) is 0.180. The summed E-state index contributed by atoms with van der Waals surface area (Å²) in [6.45, 7) is 0. The number of nitrogens with one attached hydrogen (secondary N) is 4. The minimum Gasteiger partial charge on any atom is -0.308 e. The van der Waals surface area contributed by atoms with Crippen LogP contribution in [0.1, 0.15) is 12.8 Å². The summed E-state index contributed by atoms with van der Waals surface area (Å²) in [6.07, 6.45) is 5.09. The average Bonchev–Trinajstić information content (AvgIpc) is 3.29. The van der Waals surface area contributed by atoms with Gasteiger partial charge in [-0.05, 0) is 49.2 Å². The van der Waals surface area contributed by atoms with E-state index in [4.69, 9.17) is 11.6 Å².